The van der Waals surface area contributed by atoms with Gasteiger partial charge in [0.1, 0.15) is 0 Å². The highest BCUT2D eigenvalue weighted by Crippen LogP contribution is 2.28. The van der Waals surface area contributed by atoms with Gasteiger partial charge in [-0.05, 0) is 44.9 Å². The van der Waals surface area contributed by atoms with Gasteiger partial charge in [0.25, 0.3) is 0 Å². The molecule has 1 heterocycles. The second-order valence-electron chi connectivity index (χ2n) is 7.39. The van der Waals surface area contributed by atoms with E-state index in [4.69, 9.17) is 5.14 Å². The predicted molar refractivity (Wildman–Crippen MR) is 116 cm³/mol. The van der Waals surface area contributed by atoms with Gasteiger partial charge in [-0.1, -0.05) is 31.0 Å². The quantitative estimate of drug-likeness (QED) is 0.574. The third-order valence-electron chi connectivity index (χ3n) is 5.16. The van der Waals surface area contributed by atoms with Crippen LogP contribution in [-0.2, 0) is 21.4 Å². The molecule has 1 fully saturated rings. The molecule has 0 bridgehead atoms. The van der Waals surface area contributed by atoms with E-state index in [1.807, 2.05) is 11.5 Å². The number of nitrogens with zero attached hydrogens (tertiary/aromatic N) is 2. The Labute approximate surface area is 180 Å². The third kappa shape index (κ3) is 5.32. The van der Waals surface area contributed by atoms with Crippen molar-refractivity contribution in [3.8, 4) is 0 Å². The van der Waals surface area contributed by atoms with Crippen molar-refractivity contribution in [2.24, 2.45) is 5.14 Å². The lowest BCUT2D eigenvalue weighted by Crippen LogP contribution is -2.47. The molecule has 4 N–H and O–H groups in total. The number of fused-ring (bicyclic) bond motifs is 1. The molecule has 0 saturated heterocycles. The number of benzene rings is 1. The molecule has 1 aromatic carbocycles. The fraction of sp³-hybridized carbons (Fsp3) is 0.526. The van der Waals surface area contributed by atoms with E-state index in [9.17, 15) is 18.0 Å². The lowest BCUT2D eigenvalue weighted by Gasteiger charge is -2.23. The number of imide groups is 1. The van der Waals surface area contributed by atoms with Crippen molar-refractivity contribution in [1.29, 1.82) is 0 Å². The molecule has 3 rings (SSSR count). The number of thioether (sulfide) groups is 1. The first-order valence-electron chi connectivity index (χ1n) is 10.00. The Balaban J connectivity index is 1.69. The number of amides is 3. The molecular formula is C19H27N5O4S2. The molecule has 0 radical (unpaired) electrons. The highest BCUT2D eigenvalue weighted by molar-refractivity contribution is 8.00. The number of imidazole rings is 1. The number of carbonyl (C=O) groups excluding carboxylic acids is 2. The Hall–Kier alpha value is -2.11. The molecule has 0 spiro atoms. The minimum Gasteiger partial charge on any atom is -0.335 e. The van der Waals surface area contributed by atoms with Crippen LogP contribution in [0.3, 0.4) is 0 Å². The van der Waals surface area contributed by atoms with E-state index < -0.39 is 27.2 Å². The predicted octanol–water partition coefficient (Wildman–Crippen LogP) is 2.34. The SMILES string of the molecule is CCn1c(S[C@@H](C)C(=O)NC(=O)NC2CCCCC2)nc2cc(S(N)(=O)=O)ccc21. The van der Waals surface area contributed by atoms with Crippen LogP contribution in [-0.4, -0.2) is 41.2 Å². The van der Waals surface area contributed by atoms with Gasteiger partial charge >= 0.3 is 6.03 Å². The Morgan fingerprint density at radius 3 is 2.63 bits per heavy atom. The minimum absolute atomic E-state index is 0.0162. The Morgan fingerprint density at radius 1 is 1.30 bits per heavy atom. The molecule has 1 saturated carbocycles. The van der Waals surface area contributed by atoms with Gasteiger partial charge in [-0.2, -0.15) is 0 Å². The van der Waals surface area contributed by atoms with Gasteiger partial charge < -0.3 is 9.88 Å². The monoisotopic (exact) mass is 453 g/mol. The molecule has 1 aliphatic rings. The molecule has 2 aromatic rings. The fourth-order valence-corrected chi connectivity index (χ4v) is 5.08. The van der Waals surface area contributed by atoms with E-state index >= 15 is 0 Å². The van der Waals surface area contributed by atoms with Crippen molar-refractivity contribution in [1.82, 2.24) is 20.2 Å². The lowest BCUT2D eigenvalue weighted by molar-refractivity contribution is -0.119. The normalized spacial score (nSPS) is 16.4. The number of nitrogens with one attached hydrogen (secondary N) is 2. The van der Waals surface area contributed by atoms with Gasteiger partial charge in [-0.3, -0.25) is 10.1 Å². The summed E-state index contributed by atoms with van der Waals surface area (Å²) in [6.07, 6.45) is 5.24. The molecule has 164 valence electrons. The van der Waals surface area contributed by atoms with Gasteiger partial charge in [-0.15, -0.1) is 0 Å². The van der Waals surface area contributed by atoms with Crippen LogP contribution in [0.5, 0.6) is 0 Å². The number of rotatable bonds is 6. The van der Waals surface area contributed by atoms with Gasteiger partial charge in [0, 0.05) is 12.6 Å². The maximum absolute atomic E-state index is 12.5. The highest BCUT2D eigenvalue weighted by Gasteiger charge is 2.23. The van der Waals surface area contributed by atoms with Crippen LogP contribution >= 0.6 is 11.8 Å². The summed E-state index contributed by atoms with van der Waals surface area (Å²) in [4.78, 5) is 29.1. The second kappa shape index (κ2) is 9.36. The molecule has 1 aromatic heterocycles. The van der Waals surface area contributed by atoms with E-state index in [0.717, 1.165) is 31.2 Å². The summed E-state index contributed by atoms with van der Waals surface area (Å²) >= 11 is 1.21. The number of aryl methyl sites for hydroxylation is 1. The first-order valence-corrected chi connectivity index (χ1v) is 12.4. The Bertz CT molecular complexity index is 1040. The summed E-state index contributed by atoms with van der Waals surface area (Å²) in [5.41, 5.74) is 1.23. The first-order chi connectivity index (χ1) is 14.2. The molecule has 9 nitrogen and oxygen atoms in total. The van der Waals surface area contributed by atoms with Crippen LogP contribution < -0.4 is 15.8 Å². The van der Waals surface area contributed by atoms with Crippen molar-refractivity contribution in [2.45, 2.75) is 73.8 Å². The van der Waals surface area contributed by atoms with Crippen molar-refractivity contribution in [2.75, 3.05) is 0 Å². The smallest absolute Gasteiger partial charge is 0.321 e. The topological polar surface area (TPSA) is 136 Å². The number of carbonyl (C=O) groups is 2. The molecule has 1 aliphatic carbocycles. The lowest BCUT2D eigenvalue weighted by atomic mass is 9.96. The van der Waals surface area contributed by atoms with Crippen LogP contribution in [0.1, 0.15) is 46.0 Å². The number of hydrogen-bond donors (Lipinski definition) is 3. The van der Waals surface area contributed by atoms with Gasteiger partial charge in [0.05, 0.1) is 21.2 Å². The van der Waals surface area contributed by atoms with Gasteiger partial charge in [0.2, 0.25) is 15.9 Å². The number of hydrogen-bond acceptors (Lipinski definition) is 6. The van der Waals surface area contributed by atoms with Crippen molar-refractivity contribution in [3.63, 3.8) is 0 Å². The maximum atomic E-state index is 12.5. The van der Waals surface area contributed by atoms with Crippen LogP contribution in [0.15, 0.2) is 28.3 Å². The summed E-state index contributed by atoms with van der Waals surface area (Å²) in [7, 11) is -3.83. The molecule has 3 amide bonds. The van der Waals surface area contributed by atoms with E-state index in [0.29, 0.717) is 17.2 Å². The summed E-state index contributed by atoms with van der Waals surface area (Å²) in [5.74, 6) is -0.409. The Kier molecular flexibility index (Phi) is 7.04. The zero-order valence-electron chi connectivity index (χ0n) is 17.1. The summed E-state index contributed by atoms with van der Waals surface area (Å²) in [6, 6.07) is 4.15. The third-order valence-corrected chi connectivity index (χ3v) is 7.16. The molecule has 11 heteroatoms. The molecular weight excluding hydrogens is 426 g/mol. The van der Waals surface area contributed by atoms with Crippen LogP contribution in [0.2, 0.25) is 0 Å². The summed E-state index contributed by atoms with van der Waals surface area (Å²) < 4.78 is 25.1. The second-order valence-corrected chi connectivity index (χ2v) is 10.3. The standard InChI is InChI=1S/C19H27N5O4S2/c1-3-24-16-10-9-14(30(20,27)28)11-15(16)22-19(24)29-12(2)17(25)23-18(26)21-13-7-5-4-6-8-13/h9-13H,3-8H2,1-2H3,(H2,20,27,28)(H2,21,23,25,26)/t12-/m0/s1. The summed E-state index contributed by atoms with van der Waals surface area (Å²) in [6.45, 7) is 4.22. The maximum Gasteiger partial charge on any atom is 0.321 e. The average Bonchev–Trinajstić information content (AvgIpc) is 3.03. The van der Waals surface area contributed by atoms with E-state index in [1.54, 1.807) is 13.0 Å². The van der Waals surface area contributed by atoms with E-state index in [1.165, 1.54) is 30.3 Å². The van der Waals surface area contributed by atoms with Crippen molar-refractivity contribution >= 4 is 44.8 Å². The first kappa shape index (κ1) is 22.6. The average molecular weight is 454 g/mol. The molecule has 1 atom stereocenters. The van der Waals surface area contributed by atoms with Gasteiger partial charge in [0.15, 0.2) is 5.16 Å². The molecule has 0 aliphatic heterocycles. The van der Waals surface area contributed by atoms with Crippen LogP contribution in [0, 0.1) is 0 Å². The summed E-state index contributed by atoms with van der Waals surface area (Å²) in [5, 5.41) is 10.5. The van der Waals surface area contributed by atoms with Crippen LogP contribution in [0.4, 0.5) is 4.79 Å². The van der Waals surface area contributed by atoms with Crippen LogP contribution in [0.25, 0.3) is 11.0 Å². The van der Waals surface area contributed by atoms with Crippen molar-refractivity contribution < 1.29 is 18.0 Å². The van der Waals surface area contributed by atoms with Crippen molar-refractivity contribution in [3.05, 3.63) is 18.2 Å². The largest absolute Gasteiger partial charge is 0.335 e. The van der Waals surface area contributed by atoms with E-state index in [2.05, 4.69) is 15.6 Å². The number of urea groups is 1. The number of primary sulfonamides is 1. The highest BCUT2D eigenvalue weighted by atomic mass is 32.2. The molecule has 30 heavy (non-hydrogen) atoms. The molecule has 0 unspecified atom stereocenters. The zero-order valence-corrected chi connectivity index (χ0v) is 18.7. The zero-order chi connectivity index (χ0) is 21.9. The Morgan fingerprint density at radius 2 is 2.00 bits per heavy atom. The van der Waals surface area contributed by atoms with E-state index in [-0.39, 0.29) is 10.9 Å². The number of sulfonamides is 1. The van der Waals surface area contributed by atoms with Gasteiger partial charge in [-0.25, -0.2) is 23.3 Å². The number of nitrogens with two attached hydrogens (primary N) is 1. The number of aromatic nitrogens is 2. The minimum atomic E-state index is -3.83. The fourth-order valence-electron chi connectivity index (χ4n) is 3.55.